The summed E-state index contributed by atoms with van der Waals surface area (Å²) in [4.78, 5) is 24.7. The fourth-order valence-corrected chi connectivity index (χ4v) is 5.27. The lowest BCUT2D eigenvalue weighted by Crippen LogP contribution is -2.28. The second-order valence-electron chi connectivity index (χ2n) is 5.55. The maximum absolute atomic E-state index is 13.2. The number of urea groups is 1. The summed E-state index contributed by atoms with van der Waals surface area (Å²) in [5.41, 5.74) is 0.248. The molecule has 0 saturated heterocycles. The van der Waals surface area contributed by atoms with E-state index in [4.69, 9.17) is 11.6 Å². The van der Waals surface area contributed by atoms with Crippen LogP contribution in [-0.4, -0.2) is 21.5 Å². The van der Waals surface area contributed by atoms with Crippen molar-refractivity contribution in [1.82, 2.24) is 9.69 Å². The van der Waals surface area contributed by atoms with Gasteiger partial charge in [-0.2, -0.15) is 4.37 Å². The summed E-state index contributed by atoms with van der Waals surface area (Å²) in [6.07, 6.45) is 0. The van der Waals surface area contributed by atoms with Gasteiger partial charge in [0, 0.05) is 17.2 Å². The van der Waals surface area contributed by atoms with E-state index in [0.29, 0.717) is 15.7 Å². The number of thioether (sulfide) groups is 1. The molecule has 3 aromatic rings. The fourth-order valence-electron chi connectivity index (χ4n) is 2.20. The summed E-state index contributed by atoms with van der Waals surface area (Å²) in [6.45, 7) is -0.0645. The van der Waals surface area contributed by atoms with Crippen LogP contribution in [0.4, 0.5) is 18.6 Å². The third kappa shape index (κ3) is 5.66. The first-order valence-corrected chi connectivity index (χ1v) is 10.9. The number of amides is 2. The topological polar surface area (TPSA) is 91.3 Å². The summed E-state index contributed by atoms with van der Waals surface area (Å²) in [5, 5.41) is 14.7. The Kier molecular flexibility index (Phi) is 7.06. The van der Waals surface area contributed by atoms with Gasteiger partial charge in [-0.25, -0.2) is 18.4 Å². The number of carboxylic acid groups (broad SMARTS) is 1. The maximum Gasteiger partial charge on any atom is 0.341 e. The predicted octanol–water partition coefficient (Wildman–Crippen LogP) is 5.45. The van der Waals surface area contributed by atoms with E-state index >= 15 is 0 Å². The first kappa shape index (κ1) is 21.5. The number of carbonyl (C=O) groups is 2. The van der Waals surface area contributed by atoms with E-state index in [1.165, 1.54) is 29.2 Å². The fraction of sp³-hybridized carbons (Fsp3) is 0.118. The summed E-state index contributed by atoms with van der Waals surface area (Å²) < 4.78 is 30.9. The number of thiophene rings is 1. The molecule has 3 N–H and O–H groups in total. The van der Waals surface area contributed by atoms with Gasteiger partial charge in [-0.05, 0) is 41.4 Å². The number of anilines is 1. The van der Waals surface area contributed by atoms with Crippen LogP contribution in [0, 0.1) is 11.6 Å². The van der Waals surface area contributed by atoms with Crippen molar-refractivity contribution in [2.24, 2.45) is 0 Å². The largest absolute Gasteiger partial charge is 0.477 e. The van der Waals surface area contributed by atoms with Crippen LogP contribution in [0.25, 0.3) is 0 Å². The number of carboxylic acids is 1. The van der Waals surface area contributed by atoms with Crippen molar-refractivity contribution >= 4 is 63.2 Å². The molecule has 0 aliphatic carbocycles. The van der Waals surface area contributed by atoms with Gasteiger partial charge in [0.25, 0.3) is 0 Å². The highest BCUT2D eigenvalue weighted by molar-refractivity contribution is 7.98. The predicted molar refractivity (Wildman–Crippen MR) is 110 cm³/mol. The molecule has 2 heterocycles. The maximum atomic E-state index is 13.2. The quantitative estimate of drug-likeness (QED) is 0.395. The van der Waals surface area contributed by atoms with Gasteiger partial charge >= 0.3 is 12.0 Å². The van der Waals surface area contributed by atoms with Gasteiger partial charge in [0.05, 0.1) is 4.34 Å². The highest BCUT2D eigenvalue weighted by Crippen LogP contribution is 2.35. The number of aromatic carboxylic acids is 1. The van der Waals surface area contributed by atoms with Crippen LogP contribution in [0.3, 0.4) is 0 Å². The molecule has 0 fully saturated rings. The molecule has 29 heavy (non-hydrogen) atoms. The highest BCUT2D eigenvalue weighted by atomic mass is 35.5. The molecule has 12 heteroatoms. The molecular formula is C17H12ClF2N3O3S3. The van der Waals surface area contributed by atoms with Crippen LogP contribution in [0.15, 0.2) is 35.4 Å². The molecule has 0 radical (unpaired) electrons. The van der Waals surface area contributed by atoms with Gasteiger partial charge in [0.2, 0.25) is 0 Å². The third-order valence-corrected chi connectivity index (χ3v) is 6.84. The average molecular weight is 476 g/mol. The van der Waals surface area contributed by atoms with Crippen molar-refractivity contribution in [2.75, 3.05) is 5.32 Å². The van der Waals surface area contributed by atoms with Gasteiger partial charge in [-0.1, -0.05) is 29.4 Å². The third-order valence-electron chi connectivity index (χ3n) is 3.52. The molecule has 0 aliphatic heterocycles. The number of carbonyl (C=O) groups excluding carboxylic acids is 1. The molecule has 0 bridgehead atoms. The molecule has 2 aromatic heterocycles. The van der Waals surface area contributed by atoms with Crippen LogP contribution in [0.2, 0.25) is 4.34 Å². The Bertz CT molecular complexity index is 1060. The van der Waals surface area contributed by atoms with Crippen molar-refractivity contribution in [3.63, 3.8) is 0 Å². The summed E-state index contributed by atoms with van der Waals surface area (Å²) in [7, 11) is 0. The molecule has 3 rings (SSSR count). The van der Waals surface area contributed by atoms with E-state index in [9.17, 15) is 23.5 Å². The summed E-state index contributed by atoms with van der Waals surface area (Å²) in [5.74, 6) is -2.73. The Labute approximate surface area is 181 Å². The molecule has 0 atom stereocenters. The second kappa shape index (κ2) is 9.53. The molecule has 1 aromatic carbocycles. The summed E-state index contributed by atoms with van der Waals surface area (Å²) >= 11 is 9.34. The number of rotatable bonds is 7. The van der Waals surface area contributed by atoms with Gasteiger partial charge in [0.15, 0.2) is 11.6 Å². The minimum atomic E-state index is -1.22. The van der Waals surface area contributed by atoms with Crippen LogP contribution < -0.4 is 10.6 Å². The van der Waals surface area contributed by atoms with Crippen LogP contribution in [-0.2, 0) is 12.3 Å². The number of hydrogen-bond acceptors (Lipinski definition) is 6. The molecule has 0 spiro atoms. The number of nitrogens with one attached hydrogen (secondary N) is 2. The van der Waals surface area contributed by atoms with E-state index in [-0.39, 0.29) is 22.1 Å². The lowest BCUT2D eigenvalue weighted by molar-refractivity contribution is 0.0694. The van der Waals surface area contributed by atoms with Crippen molar-refractivity contribution in [3.8, 4) is 0 Å². The standard InChI is InChI=1S/C17H12ClF2N3O3S3/c18-12-4-2-9(28-12)7-27-15-13(16(24)25)14(29-23-15)22-17(26)21-6-8-1-3-10(19)11(20)5-8/h1-5H,6-7H2,(H,24,25)(H2,21,22,26). The van der Waals surface area contributed by atoms with Crippen molar-refractivity contribution in [1.29, 1.82) is 0 Å². The van der Waals surface area contributed by atoms with Gasteiger partial charge < -0.3 is 10.4 Å². The average Bonchev–Trinajstić information content (AvgIpc) is 3.26. The molecule has 2 amide bonds. The molecular weight excluding hydrogens is 464 g/mol. The monoisotopic (exact) mass is 475 g/mol. The molecule has 0 aliphatic rings. The molecule has 152 valence electrons. The molecule has 6 nitrogen and oxygen atoms in total. The van der Waals surface area contributed by atoms with Crippen molar-refractivity contribution in [3.05, 3.63) is 62.3 Å². The first-order chi connectivity index (χ1) is 13.8. The van der Waals surface area contributed by atoms with Crippen LogP contribution in [0.1, 0.15) is 20.8 Å². The number of halogens is 3. The van der Waals surface area contributed by atoms with Gasteiger partial charge in [-0.15, -0.1) is 11.3 Å². The number of benzene rings is 1. The Morgan fingerprint density at radius 2 is 2.00 bits per heavy atom. The molecule has 0 unspecified atom stereocenters. The number of nitrogens with zero attached hydrogens (tertiary/aromatic N) is 1. The van der Waals surface area contributed by atoms with E-state index in [1.807, 2.05) is 6.07 Å². The Balaban J connectivity index is 1.63. The zero-order valence-electron chi connectivity index (χ0n) is 14.4. The lowest BCUT2D eigenvalue weighted by atomic mass is 10.2. The normalized spacial score (nSPS) is 10.7. The Hall–Kier alpha value is -2.21. The van der Waals surface area contributed by atoms with Gasteiger partial charge in [0.1, 0.15) is 15.6 Å². The SMILES string of the molecule is O=C(NCc1ccc(F)c(F)c1)Nc1snc(SCc2ccc(Cl)s2)c1C(=O)O. The lowest BCUT2D eigenvalue weighted by Gasteiger charge is -2.07. The number of aromatic nitrogens is 1. The first-order valence-electron chi connectivity index (χ1n) is 7.92. The number of hydrogen-bond donors (Lipinski definition) is 3. The van der Waals surface area contributed by atoms with E-state index in [2.05, 4.69) is 15.0 Å². The van der Waals surface area contributed by atoms with E-state index in [1.54, 1.807) is 6.07 Å². The van der Waals surface area contributed by atoms with Crippen LogP contribution >= 0.6 is 46.2 Å². The van der Waals surface area contributed by atoms with E-state index in [0.717, 1.165) is 28.5 Å². The smallest absolute Gasteiger partial charge is 0.341 e. The highest BCUT2D eigenvalue weighted by Gasteiger charge is 2.22. The minimum Gasteiger partial charge on any atom is -0.477 e. The molecule has 0 saturated carbocycles. The zero-order chi connectivity index (χ0) is 21.0. The zero-order valence-corrected chi connectivity index (χ0v) is 17.6. The minimum absolute atomic E-state index is 0.0645. The van der Waals surface area contributed by atoms with Crippen molar-refractivity contribution in [2.45, 2.75) is 17.3 Å². The Morgan fingerprint density at radius 1 is 1.21 bits per heavy atom. The van der Waals surface area contributed by atoms with Crippen LogP contribution in [0.5, 0.6) is 0 Å². The Morgan fingerprint density at radius 3 is 2.66 bits per heavy atom. The second-order valence-corrected chi connectivity index (χ2v) is 9.08. The van der Waals surface area contributed by atoms with Gasteiger partial charge in [-0.3, -0.25) is 5.32 Å². The summed E-state index contributed by atoms with van der Waals surface area (Å²) in [6, 6.07) is 6.17. The van der Waals surface area contributed by atoms with E-state index < -0.39 is 23.6 Å². The van der Waals surface area contributed by atoms with Crippen molar-refractivity contribution < 1.29 is 23.5 Å².